The molecule has 0 unspecified atom stereocenters. The van der Waals surface area contributed by atoms with Gasteiger partial charge in [0, 0.05) is 19.1 Å². The number of para-hydroxylation sites is 2. The molecule has 4 rings (SSSR count). The maximum atomic E-state index is 4.60. The van der Waals surface area contributed by atoms with Crippen LogP contribution in [0.25, 0.3) is 11.0 Å². The van der Waals surface area contributed by atoms with E-state index in [1.54, 1.807) is 0 Å². The van der Waals surface area contributed by atoms with Gasteiger partial charge in [-0.1, -0.05) is 12.1 Å². The van der Waals surface area contributed by atoms with Crippen molar-refractivity contribution in [1.82, 2.24) is 9.97 Å². The number of imidazole rings is 1. The average molecular weight is 298 g/mol. The summed E-state index contributed by atoms with van der Waals surface area (Å²) in [4.78, 5) is 10.4. The monoisotopic (exact) mass is 298 g/mol. The molecule has 1 aromatic carbocycles. The predicted octanol–water partition coefficient (Wildman–Crippen LogP) is 3.71. The fourth-order valence-corrected chi connectivity index (χ4v) is 3.69. The minimum atomic E-state index is 0.502. The number of anilines is 2. The van der Waals surface area contributed by atoms with Crippen LogP contribution in [0.15, 0.2) is 41.8 Å². The van der Waals surface area contributed by atoms with Crippen LogP contribution in [0.1, 0.15) is 12.8 Å². The molecule has 0 atom stereocenters. The number of nitrogens with zero attached hydrogens (tertiary/aromatic N) is 2. The second-order valence-corrected chi connectivity index (χ2v) is 6.39. The van der Waals surface area contributed by atoms with Crippen molar-refractivity contribution in [2.45, 2.75) is 18.9 Å². The van der Waals surface area contributed by atoms with Crippen molar-refractivity contribution in [3.63, 3.8) is 0 Å². The number of aromatic nitrogens is 2. The SMILES string of the molecule is c1csc(N2CCC(Nc3nc4ccccc4[nH]3)CC2)c1. The Hall–Kier alpha value is -2.01. The molecular formula is C16H18N4S. The number of fused-ring (bicyclic) bond motifs is 1. The Bertz CT molecular complexity index is 678. The van der Waals surface area contributed by atoms with Crippen LogP contribution in [0, 0.1) is 0 Å². The first-order valence-corrected chi connectivity index (χ1v) is 8.26. The van der Waals surface area contributed by atoms with Gasteiger partial charge >= 0.3 is 0 Å². The summed E-state index contributed by atoms with van der Waals surface area (Å²) in [5.41, 5.74) is 2.12. The fourth-order valence-electron chi connectivity index (χ4n) is 2.91. The first kappa shape index (κ1) is 12.7. The molecule has 3 aromatic rings. The van der Waals surface area contributed by atoms with Crippen LogP contribution >= 0.6 is 11.3 Å². The van der Waals surface area contributed by atoms with Gasteiger partial charge in [0.15, 0.2) is 0 Å². The van der Waals surface area contributed by atoms with E-state index in [2.05, 4.69) is 43.8 Å². The fraction of sp³-hybridized carbons (Fsp3) is 0.312. The molecule has 3 heterocycles. The Morgan fingerprint density at radius 3 is 2.76 bits per heavy atom. The topological polar surface area (TPSA) is 44.0 Å². The second-order valence-electron chi connectivity index (χ2n) is 5.46. The van der Waals surface area contributed by atoms with Crippen LogP contribution in [0.4, 0.5) is 10.9 Å². The molecule has 2 N–H and O–H groups in total. The summed E-state index contributed by atoms with van der Waals surface area (Å²) in [5.74, 6) is 0.894. The van der Waals surface area contributed by atoms with Crippen LogP contribution < -0.4 is 10.2 Å². The molecule has 1 fully saturated rings. The van der Waals surface area contributed by atoms with Crippen molar-refractivity contribution in [1.29, 1.82) is 0 Å². The number of nitrogens with one attached hydrogen (secondary N) is 2. The lowest BCUT2D eigenvalue weighted by Crippen LogP contribution is -2.38. The van der Waals surface area contributed by atoms with E-state index in [4.69, 9.17) is 0 Å². The first-order chi connectivity index (χ1) is 10.4. The number of H-pyrrole nitrogens is 1. The Morgan fingerprint density at radius 2 is 2.00 bits per heavy atom. The molecule has 0 radical (unpaired) electrons. The maximum absolute atomic E-state index is 4.60. The number of thiophene rings is 1. The lowest BCUT2D eigenvalue weighted by Gasteiger charge is -2.32. The van der Waals surface area contributed by atoms with Crippen molar-refractivity contribution in [2.24, 2.45) is 0 Å². The summed E-state index contributed by atoms with van der Waals surface area (Å²) < 4.78 is 0. The predicted molar refractivity (Wildman–Crippen MR) is 89.3 cm³/mol. The van der Waals surface area contributed by atoms with Gasteiger partial charge in [-0.25, -0.2) is 4.98 Å². The Labute approximate surface area is 127 Å². The second kappa shape index (κ2) is 5.41. The molecule has 0 aliphatic carbocycles. The van der Waals surface area contributed by atoms with Crippen molar-refractivity contribution < 1.29 is 0 Å². The summed E-state index contributed by atoms with van der Waals surface area (Å²) in [6.45, 7) is 2.22. The zero-order valence-electron chi connectivity index (χ0n) is 11.7. The van der Waals surface area contributed by atoms with E-state index in [9.17, 15) is 0 Å². The highest BCUT2D eigenvalue weighted by Gasteiger charge is 2.20. The lowest BCUT2D eigenvalue weighted by molar-refractivity contribution is 0.526. The standard InChI is InChI=1S/C16H18N4S/c1-2-5-14-13(4-1)18-16(19-14)17-12-7-9-20(10-8-12)15-6-3-11-21-15/h1-6,11-12H,7-10H2,(H2,17,18,19). The van der Waals surface area contributed by atoms with Gasteiger partial charge in [0.25, 0.3) is 0 Å². The van der Waals surface area contributed by atoms with Gasteiger partial charge in [0.1, 0.15) is 0 Å². The molecule has 5 heteroatoms. The number of piperidine rings is 1. The van der Waals surface area contributed by atoms with Crippen LogP contribution in [-0.2, 0) is 0 Å². The van der Waals surface area contributed by atoms with Gasteiger partial charge < -0.3 is 15.2 Å². The largest absolute Gasteiger partial charge is 0.363 e. The molecule has 21 heavy (non-hydrogen) atoms. The van der Waals surface area contributed by atoms with Crippen molar-refractivity contribution in [3.05, 3.63) is 41.8 Å². The number of rotatable bonds is 3. The van der Waals surface area contributed by atoms with Gasteiger partial charge in [0.2, 0.25) is 5.95 Å². The van der Waals surface area contributed by atoms with E-state index < -0.39 is 0 Å². The summed E-state index contributed by atoms with van der Waals surface area (Å²) in [6.07, 6.45) is 2.30. The minimum Gasteiger partial charge on any atom is -0.363 e. The Morgan fingerprint density at radius 1 is 1.14 bits per heavy atom. The highest BCUT2D eigenvalue weighted by atomic mass is 32.1. The molecule has 0 amide bonds. The number of aromatic amines is 1. The van der Waals surface area contributed by atoms with Crippen molar-refractivity contribution >= 4 is 33.3 Å². The van der Waals surface area contributed by atoms with E-state index in [0.29, 0.717) is 6.04 Å². The van der Waals surface area contributed by atoms with Crippen LogP contribution in [-0.4, -0.2) is 29.1 Å². The minimum absolute atomic E-state index is 0.502. The van der Waals surface area contributed by atoms with E-state index >= 15 is 0 Å². The van der Waals surface area contributed by atoms with Gasteiger partial charge in [-0.2, -0.15) is 0 Å². The van der Waals surface area contributed by atoms with E-state index in [1.165, 1.54) is 5.00 Å². The van der Waals surface area contributed by atoms with Gasteiger partial charge in [-0.3, -0.25) is 0 Å². The number of benzene rings is 1. The average Bonchev–Trinajstić information content (AvgIpc) is 3.17. The van der Waals surface area contributed by atoms with E-state index in [-0.39, 0.29) is 0 Å². The summed E-state index contributed by atoms with van der Waals surface area (Å²) in [7, 11) is 0. The van der Waals surface area contributed by atoms with Crippen LogP contribution in [0.5, 0.6) is 0 Å². The molecule has 1 aliphatic heterocycles. The molecule has 1 aliphatic rings. The summed E-state index contributed by atoms with van der Waals surface area (Å²) in [5, 5.41) is 7.08. The first-order valence-electron chi connectivity index (χ1n) is 7.38. The summed E-state index contributed by atoms with van der Waals surface area (Å²) in [6, 6.07) is 13.0. The molecule has 0 spiro atoms. The third-order valence-corrected chi connectivity index (χ3v) is 4.97. The highest BCUT2D eigenvalue weighted by Crippen LogP contribution is 2.26. The molecule has 108 valence electrons. The van der Waals surface area contributed by atoms with Crippen molar-refractivity contribution in [3.8, 4) is 0 Å². The van der Waals surface area contributed by atoms with E-state index in [0.717, 1.165) is 42.9 Å². The van der Waals surface area contributed by atoms with Gasteiger partial charge in [0.05, 0.1) is 16.0 Å². The lowest BCUT2D eigenvalue weighted by atomic mass is 10.1. The molecule has 2 aromatic heterocycles. The molecule has 1 saturated heterocycles. The van der Waals surface area contributed by atoms with Gasteiger partial charge in [-0.15, -0.1) is 11.3 Å². The third-order valence-electron chi connectivity index (χ3n) is 4.04. The Kier molecular flexibility index (Phi) is 3.27. The molecule has 0 saturated carbocycles. The molecule has 4 nitrogen and oxygen atoms in total. The third kappa shape index (κ3) is 2.61. The zero-order valence-corrected chi connectivity index (χ0v) is 12.6. The quantitative estimate of drug-likeness (QED) is 0.775. The van der Waals surface area contributed by atoms with Gasteiger partial charge in [-0.05, 0) is 42.5 Å². The number of hydrogen-bond donors (Lipinski definition) is 2. The summed E-state index contributed by atoms with van der Waals surface area (Å²) >= 11 is 1.82. The zero-order chi connectivity index (χ0) is 14.1. The van der Waals surface area contributed by atoms with Crippen molar-refractivity contribution in [2.75, 3.05) is 23.3 Å². The maximum Gasteiger partial charge on any atom is 0.201 e. The number of hydrogen-bond acceptors (Lipinski definition) is 4. The van der Waals surface area contributed by atoms with Crippen LogP contribution in [0.2, 0.25) is 0 Å². The molecular weight excluding hydrogens is 280 g/mol. The van der Waals surface area contributed by atoms with E-state index in [1.807, 2.05) is 29.5 Å². The van der Waals surface area contributed by atoms with Crippen LogP contribution in [0.3, 0.4) is 0 Å². The highest BCUT2D eigenvalue weighted by molar-refractivity contribution is 7.14. The Balaban J connectivity index is 1.40. The normalized spacial score (nSPS) is 16.5. The smallest absolute Gasteiger partial charge is 0.201 e. The molecule has 0 bridgehead atoms.